The van der Waals surface area contributed by atoms with Gasteiger partial charge in [0.15, 0.2) is 0 Å². The van der Waals surface area contributed by atoms with Gasteiger partial charge in [-0.3, -0.25) is 0 Å². The van der Waals surface area contributed by atoms with Crippen molar-refractivity contribution in [3.05, 3.63) is 70.5 Å². The minimum Gasteiger partial charge on any atom is -0.379 e. The van der Waals surface area contributed by atoms with Crippen LogP contribution in [0.4, 0.5) is 0 Å². The third-order valence-electron chi connectivity index (χ3n) is 4.40. The minimum absolute atomic E-state index is 0.0454. The molecular formula is C19H19N. The standard InChI is InChI=1S/C19H19N/c1-12-11-19(2,3)20-18-9-14-8-13-6-4-5-7-15(13)17(14)10-16(12)18/h4-11,16,20H,1-3H3. The number of allylic oxidation sites excluding steroid dienone is 4. The van der Waals surface area contributed by atoms with Gasteiger partial charge in [0.2, 0.25) is 0 Å². The van der Waals surface area contributed by atoms with Crippen molar-refractivity contribution in [3.63, 3.8) is 0 Å². The highest BCUT2D eigenvalue weighted by Gasteiger charge is 2.32. The number of fused-ring (bicyclic) bond motifs is 4. The summed E-state index contributed by atoms with van der Waals surface area (Å²) in [6.45, 7) is 6.70. The predicted octanol–water partition coefficient (Wildman–Crippen LogP) is 4.31. The van der Waals surface area contributed by atoms with Gasteiger partial charge in [0.05, 0.1) is 0 Å². The Morgan fingerprint density at radius 3 is 2.75 bits per heavy atom. The number of benzene rings is 1. The van der Waals surface area contributed by atoms with E-state index in [1.165, 1.54) is 33.5 Å². The normalized spacial score (nSPS) is 25.2. The molecular weight excluding hydrogens is 242 g/mol. The molecule has 20 heavy (non-hydrogen) atoms. The van der Waals surface area contributed by atoms with Crippen molar-refractivity contribution < 1.29 is 0 Å². The third-order valence-corrected chi connectivity index (χ3v) is 4.40. The largest absolute Gasteiger partial charge is 0.379 e. The average molecular weight is 261 g/mol. The van der Waals surface area contributed by atoms with Crippen molar-refractivity contribution in [3.8, 4) is 0 Å². The van der Waals surface area contributed by atoms with Crippen LogP contribution < -0.4 is 5.32 Å². The smallest absolute Gasteiger partial charge is 0.0500 e. The summed E-state index contributed by atoms with van der Waals surface area (Å²) in [5.41, 5.74) is 8.26. The molecule has 1 aromatic carbocycles. The molecule has 0 amide bonds. The number of hydrogen-bond acceptors (Lipinski definition) is 1. The van der Waals surface area contributed by atoms with Gasteiger partial charge in [-0.1, -0.05) is 42.0 Å². The molecule has 1 unspecified atom stereocenters. The maximum absolute atomic E-state index is 3.66. The summed E-state index contributed by atoms with van der Waals surface area (Å²) in [5.74, 6) is 0.404. The average Bonchev–Trinajstić information content (AvgIpc) is 2.72. The Balaban J connectivity index is 1.87. The molecule has 0 spiro atoms. The summed E-state index contributed by atoms with van der Waals surface area (Å²) in [6.07, 6.45) is 9.40. The van der Waals surface area contributed by atoms with Crippen LogP contribution in [0.3, 0.4) is 0 Å². The summed E-state index contributed by atoms with van der Waals surface area (Å²) < 4.78 is 0. The quantitative estimate of drug-likeness (QED) is 0.686. The lowest BCUT2D eigenvalue weighted by Crippen LogP contribution is -2.43. The first-order valence-corrected chi connectivity index (χ1v) is 7.26. The predicted molar refractivity (Wildman–Crippen MR) is 84.9 cm³/mol. The van der Waals surface area contributed by atoms with Gasteiger partial charge in [0.25, 0.3) is 0 Å². The van der Waals surface area contributed by atoms with E-state index in [1.807, 2.05) is 0 Å². The van der Waals surface area contributed by atoms with Gasteiger partial charge in [0.1, 0.15) is 0 Å². The molecule has 2 aliphatic carbocycles. The molecule has 1 atom stereocenters. The lowest BCUT2D eigenvalue weighted by molar-refractivity contribution is 0.477. The van der Waals surface area contributed by atoms with Gasteiger partial charge >= 0.3 is 0 Å². The van der Waals surface area contributed by atoms with Gasteiger partial charge in [-0.25, -0.2) is 0 Å². The van der Waals surface area contributed by atoms with E-state index in [1.54, 1.807) is 0 Å². The molecule has 1 aromatic rings. The van der Waals surface area contributed by atoms with Crippen molar-refractivity contribution in [2.45, 2.75) is 26.3 Å². The highest BCUT2D eigenvalue weighted by molar-refractivity contribution is 5.98. The fourth-order valence-electron chi connectivity index (χ4n) is 3.65. The van der Waals surface area contributed by atoms with E-state index in [0.717, 1.165) is 0 Å². The van der Waals surface area contributed by atoms with Crippen LogP contribution in [0.15, 0.2) is 59.3 Å². The SMILES string of the molecule is CC1=CC(C)(C)NC2=CC3=Cc4ccccc4C3=CC12. The summed E-state index contributed by atoms with van der Waals surface area (Å²) >= 11 is 0. The Morgan fingerprint density at radius 1 is 1.10 bits per heavy atom. The van der Waals surface area contributed by atoms with E-state index in [-0.39, 0.29) is 5.54 Å². The second-order valence-corrected chi connectivity index (χ2v) is 6.58. The summed E-state index contributed by atoms with van der Waals surface area (Å²) in [6, 6.07) is 8.66. The Labute approximate surface area is 120 Å². The molecule has 0 radical (unpaired) electrons. The van der Waals surface area contributed by atoms with E-state index in [4.69, 9.17) is 0 Å². The van der Waals surface area contributed by atoms with Gasteiger partial charge in [-0.2, -0.15) is 0 Å². The van der Waals surface area contributed by atoms with Crippen LogP contribution >= 0.6 is 0 Å². The van der Waals surface area contributed by atoms with E-state index < -0.39 is 0 Å². The zero-order valence-electron chi connectivity index (χ0n) is 12.2. The minimum atomic E-state index is 0.0454. The lowest BCUT2D eigenvalue weighted by atomic mass is 9.80. The van der Waals surface area contributed by atoms with Crippen molar-refractivity contribution in [1.29, 1.82) is 0 Å². The number of rotatable bonds is 0. The molecule has 1 nitrogen and oxygen atoms in total. The van der Waals surface area contributed by atoms with Gasteiger partial charge < -0.3 is 5.32 Å². The first-order chi connectivity index (χ1) is 9.53. The zero-order valence-corrected chi connectivity index (χ0v) is 12.2. The highest BCUT2D eigenvalue weighted by Crippen LogP contribution is 2.44. The lowest BCUT2D eigenvalue weighted by Gasteiger charge is -2.38. The molecule has 1 heterocycles. The highest BCUT2D eigenvalue weighted by atomic mass is 15.0. The summed E-state index contributed by atoms with van der Waals surface area (Å²) in [7, 11) is 0. The second kappa shape index (κ2) is 3.76. The molecule has 0 saturated heterocycles. The topological polar surface area (TPSA) is 12.0 Å². The molecule has 1 aliphatic heterocycles. The molecule has 0 aromatic heterocycles. The van der Waals surface area contributed by atoms with Crippen molar-refractivity contribution in [2.24, 2.45) is 5.92 Å². The number of nitrogens with one attached hydrogen (secondary N) is 1. The van der Waals surface area contributed by atoms with Crippen LogP contribution in [0.2, 0.25) is 0 Å². The fourth-order valence-corrected chi connectivity index (χ4v) is 3.65. The van der Waals surface area contributed by atoms with Crippen LogP contribution in [0.1, 0.15) is 31.9 Å². The zero-order chi connectivity index (χ0) is 13.9. The Kier molecular flexibility index (Phi) is 2.21. The van der Waals surface area contributed by atoms with Crippen LogP contribution in [0, 0.1) is 5.92 Å². The van der Waals surface area contributed by atoms with Crippen LogP contribution in [-0.2, 0) is 0 Å². The summed E-state index contributed by atoms with van der Waals surface area (Å²) in [5, 5.41) is 3.66. The first kappa shape index (κ1) is 11.8. The van der Waals surface area contributed by atoms with Crippen molar-refractivity contribution >= 4 is 11.6 Å². The molecule has 100 valence electrons. The maximum atomic E-state index is 3.66. The third kappa shape index (κ3) is 1.62. The van der Waals surface area contributed by atoms with E-state index >= 15 is 0 Å². The van der Waals surface area contributed by atoms with Gasteiger partial charge in [-0.15, -0.1) is 0 Å². The number of hydrogen-bond donors (Lipinski definition) is 1. The van der Waals surface area contributed by atoms with Crippen LogP contribution in [-0.4, -0.2) is 5.54 Å². The maximum Gasteiger partial charge on any atom is 0.0500 e. The second-order valence-electron chi connectivity index (χ2n) is 6.58. The van der Waals surface area contributed by atoms with E-state index in [0.29, 0.717) is 5.92 Å². The molecule has 0 saturated carbocycles. The van der Waals surface area contributed by atoms with Crippen LogP contribution in [0.25, 0.3) is 11.6 Å². The molecule has 1 heteroatoms. The van der Waals surface area contributed by atoms with Gasteiger partial charge in [-0.05, 0) is 55.2 Å². The Morgan fingerprint density at radius 2 is 1.90 bits per heavy atom. The Hall–Kier alpha value is -2.02. The fraction of sp³-hybridized carbons (Fsp3) is 0.263. The van der Waals surface area contributed by atoms with Crippen LogP contribution in [0.5, 0.6) is 0 Å². The van der Waals surface area contributed by atoms with Gasteiger partial charge in [0, 0.05) is 17.2 Å². The molecule has 3 aliphatic rings. The molecule has 0 bridgehead atoms. The Bertz CT molecular complexity index is 726. The van der Waals surface area contributed by atoms with E-state index in [2.05, 4.69) is 74.7 Å². The van der Waals surface area contributed by atoms with Crippen molar-refractivity contribution in [2.75, 3.05) is 0 Å². The molecule has 0 fully saturated rings. The molecule has 4 rings (SSSR count). The monoisotopic (exact) mass is 261 g/mol. The summed E-state index contributed by atoms with van der Waals surface area (Å²) in [4.78, 5) is 0. The van der Waals surface area contributed by atoms with E-state index in [9.17, 15) is 0 Å². The first-order valence-electron chi connectivity index (χ1n) is 7.26. The van der Waals surface area contributed by atoms with Crippen molar-refractivity contribution in [1.82, 2.24) is 5.32 Å². The molecule has 1 N–H and O–H groups in total.